The number of Topliss-reactive ketones (excluding diaryl/α,β-unsaturated/α-hetero) is 1. The fourth-order valence-electron chi connectivity index (χ4n) is 5.04. The van der Waals surface area contributed by atoms with E-state index in [-0.39, 0.29) is 47.0 Å². The first-order chi connectivity index (χ1) is 16.3. The zero-order valence-electron chi connectivity index (χ0n) is 18.7. The highest BCUT2D eigenvalue weighted by Crippen LogP contribution is 2.48. The van der Waals surface area contributed by atoms with Crippen molar-refractivity contribution in [1.29, 1.82) is 0 Å². The third-order valence-corrected chi connectivity index (χ3v) is 6.77. The molecule has 1 aromatic heterocycles. The van der Waals surface area contributed by atoms with Crippen LogP contribution in [0, 0.1) is 11.6 Å². The van der Waals surface area contributed by atoms with E-state index in [0.29, 0.717) is 17.9 Å². The number of carbonyl (C=O) groups is 1. The summed E-state index contributed by atoms with van der Waals surface area (Å²) in [5, 5.41) is 2.95. The molecule has 2 aliphatic rings. The number of anilines is 2. The van der Waals surface area contributed by atoms with Crippen molar-refractivity contribution in [3.8, 4) is 11.5 Å². The highest BCUT2D eigenvalue weighted by atomic mass is 19.1. The lowest BCUT2D eigenvalue weighted by atomic mass is 9.93. The third kappa shape index (κ3) is 3.46. The molecule has 3 N–H and O–H groups in total. The van der Waals surface area contributed by atoms with Crippen molar-refractivity contribution in [1.82, 2.24) is 4.57 Å². The standard InChI is InChI=1S/C25H25F2N3O4/c1-14(31)17-12-30-22-18(23(17)32)20(28)19(27)21(24(22)34-13-25(30)8-2-3-9-25)29-10-11-33-16-6-4-15(26)5-7-16/h4-7,12,29H,2-3,8-11,13,28H2,1H3. The average Bonchev–Trinajstić information content (AvgIpc) is 3.28. The predicted octanol–water partition coefficient (Wildman–Crippen LogP) is 4.22. The van der Waals surface area contributed by atoms with Crippen LogP contribution in [0.15, 0.2) is 35.3 Å². The van der Waals surface area contributed by atoms with E-state index >= 15 is 4.39 Å². The summed E-state index contributed by atoms with van der Waals surface area (Å²) in [4.78, 5) is 25.4. The van der Waals surface area contributed by atoms with E-state index in [4.69, 9.17) is 15.2 Å². The number of aromatic nitrogens is 1. The maximum absolute atomic E-state index is 15.4. The highest BCUT2D eigenvalue weighted by molar-refractivity contribution is 6.04. The van der Waals surface area contributed by atoms with Crippen molar-refractivity contribution < 1.29 is 23.0 Å². The second kappa shape index (κ2) is 8.30. The topological polar surface area (TPSA) is 95.6 Å². The van der Waals surface area contributed by atoms with Crippen LogP contribution in [0.5, 0.6) is 11.5 Å². The Morgan fingerprint density at radius 3 is 2.62 bits per heavy atom. The minimum absolute atomic E-state index is 0.00821. The summed E-state index contributed by atoms with van der Waals surface area (Å²) in [6.07, 6.45) is 5.22. The molecule has 5 rings (SSSR count). The van der Waals surface area contributed by atoms with E-state index in [0.717, 1.165) is 25.7 Å². The number of nitrogens with zero attached hydrogens (tertiary/aromatic N) is 1. The highest BCUT2D eigenvalue weighted by Gasteiger charge is 2.42. The summed E-state index contributed by atoms with van der Waals surface area (Å²) in [5.74, 6) is -0.886. The van der Waals surface area contributed by atoms with Gasteiger partial charge in [-0.2, -0.15) is 0 Å². The maximum atomic E-state index is 15.4. The molecule has 1 aliphatic carbocycles. The molecule has 0 radical (unpaired) electrons. The Morgan fingerprint density at radius 2 is 1.94 bits per heavy atom. The first kappa shape index (κ1) is 22.2. The van der Waals surface area contributed by atoms with Gasteiger partial charge in [0.15, 0.2) is 17.3 Å². The van der Waals surface area contributed by atoms with Crippen LogP contribution >= 0.6 is 0 Å². The number of pyridine rings is 1. The number of rotatable bonds is 6. The van der Waals surface area contributed by atoms with Gasteiger partial charge in [0, 0.05) is 12.7 Å². The maximum Gasteiger partial charge on any atom is 0.202 e. The van der Waals surface area contributed by atoms with Gasteiger partial charge in [0.25, 0.3) is 0 Å². The number of ether oxygens (including phenoxy) is 2. The largest absolute Gasteiger partial charge is 0.492 e. The van der Waals surface area contributed by atoms with E-state index in [1.807, 2.05) is 4.57 Å². The number of fused-ring (bicyclic) bond motifs is 1. The van der Waals surface area contributed by atoms with Gasteiger partial charge in [-0.1, -0.05) is 12.8 Å². The van der Waals surface area contributed by atoms with Crippen molar-refractivity contribution in [3.05, 3.63) is 57.9 Å². The zero-order chi connectivity index (χ0) is 24.0. The van der Waals surface area contributed by atoms with Gasteiger partial charge in [-0.15, -0.1) is 0 Å². The molecule has 3 aromatic rings. The number of ketones is 1. The summed E-state index contributed by atoms with van der Waals surface area (Å²) in [6, 6.07) is 5.59. The van der Waals surface area contributed by atoms with Crippen LogP contribution in [0.3, 0.4) is 0 Å². The molecule has 0 unspecified atom stereocenters. The Balaban J connectivity index is 1.57. The summed E-state index contributed by atoms with van der Waals surface area (Å²) < 4.78 is 42.1. The summed E-state index contributed by atoms with van der Waals surface area (Å²) in [7, 11) is 0. The molecular weight excluding hydrogens is 444 g/mol. The van der Waals surface area contributed by atoms with Crippen LogP contribution in [0.2, 0.25) is 0 Å². The number of hydrogen-bond donors (Lipinski definition) is 2. The lowest BCUT2D eigenvalue weighted by Crippen LogP contribution is -2.42. The molecule has 1 aliphatic heterocycles. The molecule has 7 nitrogen and oxygen atoms in total. The minimum atomic E-state index is -0.809. The predicted molar refractivity (Wildman–Crippen MR) is 125 cm³/mol. The van der Waals surface area contributed by atoms with Crippen LogP contribution in [0.4, 0.5) is 20.2 Å². The van der Waals surface area contributed by atoms with Crippen LogP contribution in [-0.2, 0) is 5.54 Å². The van der Waals surface area contributed by atoms with Gasteiger partial charge in [0.05, 0.1) is 27.7 Å². The number of carbonyl (C=O) groups excluding carboxylic acids is 1. The van der Waals surface area contributed by atoms with Gasteiger partial charge >= 0.3 is 0 Å². The number of hydrogen-bond acceptors (Lipinski definition) is 6. The summed E-state index contributed by atoms with van der Waals surface area (Å²) in [5.41, 5.74) is 5.26. The summed E-state index contributed by atoms with van der Waals surface area (Å²) >= 11 is 0. The normalized spacial score (nSPS) is 16.0. The second-order valence-corrected chi connectivity index (χ2v) is 8.90. The zero-order valence-corrected chi connectivity index (χ0v) is 18.7. The Bertz CT molecular complexity index is 1350. The van der Waals surface area contributed by atoms with Crippen molar-refractivity contribution in [2.24, 2.45) is 0 Å². The molecule has 0 atom stereocenters. The Morgan fingerprint density at radius 1 is 1.24 bits per heavy atom. The molecule has 0 bridgehead atoms. The van der Waals surface area contributed by atoms with E-state index in [1.54, 1.807) is 6.20 Å². The Kier molecular flexibility index (Phi) is 5.42. The van der Waals surface area contributed by atoms with E-state index in [2.05, 4.69) is 5.32 Å². The van der Waals surface area contributed by atoms with Crippen LogP contribution in [-0.4, -0.2) is 30.1 Å². The monoisotopic (exact) mass is 469 g/mol. The molecule has 1 fully saturated rings. The Hall–Kier alpha value is -3.62. The smallest absolute Gasteiger partial charge is 0.202 e. The van der Waals surface area contributed by atoms with Gasteiger partial charge in [-0.25, -0.2) is 8.78 Å². The number of nitrogen functional groups attached to an aromatic ring is 1. The fourth-order valence-corrected chi connectivity index (χ4v) is 5.04. The van der Waals surface area contributed by atoms with Gasteiger partial charge in [-0.3, -0.25) is 9.59 Å². The van der Waals surface area contributed by atoms with Crippen LogP contribution in [0.25, 0.3) is 10.9 Å². The molecule has 1 spiro atoms. The molecule has 0 amide bonds. The summed E-state index contributed by atoms with van der Waals surface area (Å²) in [6.45, 7) is 2.00. The van der Waals surface area contributed by atoms with Crippen molar-refractivity contribution in [2.75, 3.05) is 30.8 Å². The van der Waals surface area contributed by atoms with Gasteiger partial charge in [0.2, 0.25) is 5.43 Å². The number of benzene rings is 2. The molecule has 9 heteroatoms. The lowest BCUT2D eigenvalue weighted by Gasteiger charge is -2.39. The van der Waals surface area contributed by atoms with Crippen molar-refractivity contribution >= 4 is 28.1 Å². The number of nitrogens with one attached hydrogen (secondary N) is 1. The minimum Gasteiger partial charge on any atom is -0.492 e. The molecule has 2 heterocycles. The van der Waals surface area contributed by atoms with E-state index in [1.165, 1.54) is 31.2 Å². The van der Waals surface area contributed by atoms with Crippen LogP contribution < -0.4 is 26.0 Å². The first-order valence-corrected chi connectivity index (χ1v) is 11.3. The molecule has 1 saturated carbocycles. The number of nitrogens with two attached hydrogens (primary N) is 1. The van der Waals surface area contributed by atoms with Gasteiger partial charge < -0.3 is 25.1 Å². The van der Waals surface area contributed by atoms with Crippen molar-refractivity contribution in [2.45, 2.75) is 38.1 Å². The van der Waals surface area contributed by atoms with Crippen molar-refractivity contribution in [3.63, 3.8) is 0 Å². The quantitative estimate of drug-likeness (QED) is 0.319. The third-order valence-electron chi connectivity index (χ3n) is 6.77. The average molecular weight is 469 g/mol. The van der Waals surface area contributed by atoms with E-state index in [9.17, 15) is 14.0 Å². The lowest BCUT2D eigenvalue weighted by molar-refractivity contribution is 0.101. The molecule has 0 saturated heterocycles. The molecular formula is C25H25F2N3O4. The number of halogens is 2. The fraction of sp³-hybridized carbons (Fsp3) is 0.360. The van der Waals surface area contributed by atoms with Gasteiger partial charge in [-0.05, 0) is 44.0 Å². The molecule has 2 aromatic carbocycles. The van der Waals surface area contributed by atoms with Crippen LogP contribution in [0.1, 0.15) is 43.0 Å². The first-order valence-electron chi connectivity index (χ1n) is 11.3. The second-order valence-electron chi connectivity index (χ2n) is 8.90. The van der Waals surface area contributed by atoms with E-state index < -0.39 is 22.6 Å². The SMILES string of the molecule is CC(=O)c1cn2c3c(c(NCCOc4ccc(F)cc4)c(F)c(N)c3c1=O)OCC21CCCC1. The molecule has 178 valence electrons. The Labute approximate surface area is 194 Å². The van der Waals surface area contributed by atoms with Gasteiger partial charge in [0.1, 0.15) is 30.5 Å². The molecule has 34 heavy (non-hydrogen) atoms.